The predicted molar refractivity (Wildman–Crippen MR) is 147 cm³/mol. The number of thioether (sulfide) groups is 1. The van der Waals surface area contributed by atoms with Gasteiger partial charge in [-0.15, -0.1) is 21.5 Å². The van der Waals surface area contributed by atoms with E-state index in [4.69, 9.17) is 4.42 Å². The van der Waals surface area contributed by atoms with Crippen LogP contribution in [0.1, 0.15) is 10.4 Å². The summed E-state index contributed by atoms with van der Waals surface area (Å²) < 4.78 is 20.8. The summed E-state index contributed by atoms with van der Waals surface area (Å²) in [4.78, 5) is 18.2. The Morgan fingerprint density at radius 1 is 1.00 bits per heavy atom. The second-order valence-electron chi connectivity index (χ2n) is 8.38. The lowest BCUT2D eigenvalue weighted by Crippen LogP contribution is -2.14. The van der Waals surface area contributed by atoms with Gasteiger partial charge in [-0.05, 0) is 52.7 Å². The number of nitrogens with zero attached hydrogens (tertiary/aromatic N) is 4. The maximum absolute atomic E-state index is 13.5. The van der Waals surface area contributed by atoms with E-state index in [1.54, 1.807) is 41.3 Å². The van der Waals surface area contributed by atoms with E-state index in [-0.39, 0.29) is 17.5 Å². The van der Waals surface area contributed by atoms with Gasteiger partial charge in [0.25, 0.3) is 0 Å². The van der Waals surface area contributed by atoms with E-state index < -0.39 is 0 Å². The Morgan fingerprint density at radius 2 is 1.84 bits per heavy atom. The first-order valence-corrected chi connectivity index (χ1v) is 13.5. The lowest BCUT2D eigenvalue weighted by atomic mass is 10.0. The van der Waals surface area contributed by atoms with Crippen LogP contribution in [0.25, 0.3) is 28.0 Å². The number of fused-ring (bicyclic) bond motifs is 1. The van der Waals surface area contributed by atoms with Crippen molar-refractivity contribution in [1.82, 2.24) is 19.7 Å². The van der Waals surface area contributed by atoms with Crippen molar-refractivity contribution in [1.29, 1.82) is 0 Å². The van der Waals surface area contributed by atoms with E-state index in [0.717, 1.165) is 11.3 Å². The number of aromatic nitrogens is 4. The number of anilines is 1. The van der Waals surface area contributed by atoms with Crippen LogP contribution in [-0.2, 0) is 11.2 Å². The molecule has 10 heteroatoms. The molecular weight excluding hydrogens is 521 g/mol. The van der Waals surface area contributed by atoms with Crippen molar-refractivity contribution in [3.63, 3.8) is 0 Å². The number of hydrogen-bond donors (Lipinski definition) is 1. The van der Waals surface area contributed by atoms with Gasteiger partial charge in [-0.1, -0.05) is 54.2 Å². The van der Waals surface area contributed by atoms with Crippen molar-refractivity contribution >= 4 is 44.9 Å². The topological polar surface area (TPSA) is 85.8 Å². The Balaban J connectivity index is 1.15. The van der Waals surface area contributed by atoms with E-state index >= 15 is 0 Å². The molecule has 0 unspecified atom stereocenters. The highest BCUT2D eigenvalue weighted by molar-refractivity contribution is 7.99. The molecule has 3 aromatic heterocycles. The van der Waals surface area contributed by atoms with Gasteiger partial charge in [0.15, 0.2) is 16.0 Å². The van der Waals surface area contributed by atoms with Crippen LogP contribution in [0.2, 0.25) is 0 Å². The second kappa shape index (κ2) is 10.6. The molecule has 1 N–H and O–H groups in total. The molecule has 0 radical (unpaired) electrons. The number of hydrogen-bond acceptors (Lipinski definition) is 7. The number of thiazole rings is 1. The van der Waals surface area contributed by atoms with Crippen molar-refractivity contribution in [2.24, 2.45) is 0 Å². The fourth-order valence-electron chi connectivity index (χ4n) is 4.12. The van der Waals surface area contributed by atoms with Crippen LogP contribution in [0.15, 0.2) is 101 Å². The summed E-state index contributed by atoms with van der Waals surface area (Å²) in [6.45, 7) is 0. The maximum atomic E-state index is 13.5. The molecule has 3 heterocycles. The Morgan fingerprint density at radius 3 is 2.68 bits per heavy atom. The van der Waals surface area contributed by atoms with E-state index in [0.29, 0.717) is 27.6 Å². The first kappa shape index (κ1) is 24.1. The van der Waals surface area contributed by atoms with Crippen molar-refractivity contribution < 1.29 is 13.6 Å². The molecule has 0 atom stereocenters. The molecule has 0 saturated heterocycles. The minimum Gasteiger partial charge on any atom is -0.461 e. The summed E-state index contributed by atoms with van der Waals surface area (Å²) in [5.41, 5.74) is 1.87. The van der Waals surface area contributed by atoms with Gasteiger partial charge in [0, 0.05) is 17.5 Å². The molecule has 38 heavy (non-hydrogen) atoms. The molecular formula is C28H20FN5O2S2. The van der Waals surface area contributed by atoms with Gasteiger partial charge in [-0.3, -0.25) is 9.36 Å². The van der Waals surface area contributed by atoms with Gasteiger partial charge in [-0.25, -0.2) is 9.37 Å². The van der Waals surface area contributed by atoms with Gasteiger partial charge in [-0.2, -0.15) is 0 Å². The number of carbonyl (C=O) groups excluding carboxylic acids is 1. The highest BCUT2D eigenvalue weighted by Gasteiger charge is 2.19. The molecule has 6 rings (SSSR count). The molecule has 0 aliphatic heterocycles. The fourth-order valence-corrected chi connectivity index (χ4v) is 5.72. The molecule has 188 valence electrons. The molecule has 0 spiro atoms. The molecule has 0 aliphatic rings. The quantitative estimate of drug-likeness (QED) is 0.219. The van der Waals surface area contributed by atoms with Crippen molar-refractivity contribution in [3.05, 3.63) is 108 Å². The fraction of sp³-hybridized carbons (Fsp3) is 0.0714. The van der Waals surface area contributed by atoms with E-state index in [1.807, 2.05) is 12.1 Å². The lowest BCUT2D eigenvalue weighted by Gasteiger charge is -2.09. The number of carbonyl (C=O) groups is 1. The van der Waals surface area contributed by atoms with Crippen LogP contribution < -0.4 is 5.32 Å². The Bertz CT molecular complexity index is 1710. The molecule has 3 aromatic carbocycles. The summed E-state index contributed by atoms with van der Waals surface area (Å²) in [6.07, 6.45) is 4.08. The van der Waals surface area contributed by atoms with Crippen molar-refractivity contribution in [3.8, 4) is 17.3 Å². The summed E-state index contributed by atoms with van der Waals surface area (Å²) >= 11 is 2.68. The molecule has 0 bridgehead atoms. The smallest absolute Gasteiger partial charge is 0.236 e. The largest absolute Gasteiger partial charge is 0.461 e. The van der Waals surface area contributed by atoms with Crippen LogP contribution in [0, 0.1) is 5.82 Å². The van der Waals surface area contributed by atoms with Gasteiger partial charge < -0.3 is 9.73 Å². The zero-order valence-corrected chi connectivity index (χ0v) is 21.5. The zero-order valence-electron chi connectivity index (χ0n) is 19.9. The molecule has 7 nitrogen and oxygen atoms in total. The third kappa shape index (κ3) is 5.09. The monoisotopic (exact) mass is 541 g/mol. The number of furan rings is 1. The standard InChI is InChI=1S/C28H20FN5O2S2/c29-20-10-12-21(13-11-20)34-26(24-9-4-14-36-24)32-33-28(34)37-17-25(35)31-27-30-16-22(38-27)15-19-7-3-6-18-5-1-2-8-23(18)19/h1-14,16H,15,17H2,(H,30,31,35). The molecule has 1 amide bonds. The van der Waals surface area contributed by atoms with Crippen LogP contribution in [-0.4, -0.2) is 31.4 Å². The number of benzene rings is 3. The number of halogens is 1. The number of nitrogens with one attached hydrogen (secondary N) is 1. The summed E-state index contributed by atoms with van der Waals surface area (Å²) in [7, 11) is 0. The Labute approximate surface area is 225 Å². The number of rotatable bonds is 8. The first-order chi connectivity index (χ1) is 18.6. The lowest BCUT2D eigenvalue weighted by molar-refractivity contribution is -0.113. The van der Waals surface area contributed by atoms with Crippen LogP contribution in [0.4, 0.5) is 9.52 Å². The van der Waals surface area contributed by atoms with E-state index in [2.05, 4.69) is 50.8 Å². The van der Waals surface area contributed by atoms with Gasteiger partial charge in [0.05, 0.1) is 17.7 Å². The average Bonchev–Trinajstić information content (AvgIpc) is 3.70. The zero-order chi connectivity index (χ0) is 25.9. The van der Waals surface area contributed by atoms with Crippen LogP contribution in [0.5, 0.6) is 0 Å². The molecule has 0 saturated carbocycles. The summed E-state index contributed by atoms with van der Waals surface area (Å²) in [5, 5.41) is 14.8. The number of amides is 1. The van der Waals surface area contributed by atoms with Crippen molar-refractivity contribution in [2.75, 3.05) is 11.1 Å². The normalized spacial score (nSPS) is 11.2. The second-order valence-corrected chi connectivity index (χ2v) is 10.4. The minimum atomic E-state index is -0.349. The third-order valence-corrected chi connectivity index (χ3v) is 7.68. The van der Waals surface area contributed by atoms with Crippen LogP contribution >= 0.6 is 23.1 Å². The minimum absolute atomic E-state index is 0.0930. The molecule has 0 aliphatic carbocycles. The highest BCUT2D eigenvalue weighted by atomic mass is 32.2. The molecule has 0 fully saturated rings. The Kier molecular flexibility index (Phi) is 6.72. The predicted octanol–water partition coefficient (Wildman–Crippen LogP) is 6.60. The van der Waals surface area contributed by atoms with Crippen molar-refractivity contribution in [2.45, 2.75) is 11.6 Å². The van der Waals surface area contributed by atoms with E-state index in [9.17, 15) is 9.18 Å². The van der Waals surface area contributed by atoms with Gasteiger partial charge >= 0.3 is 0 Å². The third-order valence-electron chi connectivity index (χ3n) is 5.84. The summed E-state index contributed by atoms with van der Waals surface area (Å²) in [6, 6.07) is 24.1. The highest BCUT2D eigenvalue weighted by Crippen LogP contribution is 2.29. The van der Waals surface area contributed by atoms with Crippen LogP contribution in [0.3, 0.4) is 0 Å². The SMILES string of the molecule is O=C(CSc1nnc(-c2ccco2)n1-c1ccc(F)cc1)Nc1ncc(Cc2cccc3ccccc23)s1. The van der Waals surface area contributed by atoms with E-state index in [1.165, 1.54) is 51.6 Å². The van der Waals surface area contributed by atoms with Gasteiger partial charge in [0.2, 0.25) is 11.7 Å². The van der Waals surface area contributed by atoms with Gasteiger partial charge in [0.1, 0.15) is 5.82 Å². The molecule has 6 aromatic rings. The Hall–Kier alpha value is -4.28. The first-order valence-electron chi connectivity index (χ1n) is 11.7. The summed E-state index contributed by atoms with van der Waals surface area (Å²) in [5.74, 6) is 0.505. The maximum Gasteiger partial charge on any atom is 0.236 e. The average molecular weight is 542 g/mol.